The summed E-state index contributed by atoms with van der Waals surface area (Å²) in [5, 5.41) is 8.57. The Balaban J connectivity index is 2.20. The molecule has 1 aromatic rings. The zero-order chi connectivity index (χ0) is 11.5. The van der Waals surface area contributed by atoms with Crippen LogP contribution in [0.4, 0.5) is 0 Å². The van der Waals surface area contributed by atoms with E-state index in [9.17, 15) is 9.59 Å². The fraction of sp³-hybridized carbons (Fsp3) is 0.182. The van der Waals surface area contributed by atoms with Crippen LogP contribution in [0.5, 0.6) is 0 Å². The van der Waals surface area contributed by atoms with Crippen molar-refractivity contribution in [2.45, 2.75) is 12.5 Å². The van der Waals surface area contributed by atoms with Gasteiger partial charge in [0.05, 0.1) is 6.42 Å². The van der Waals surface area contributed by atoms with Crippen molar-refractivity contribution in [3.63, 3.8) is 0 Å². The van der Waals surface area contributed by atoms with Crippen LogP contribution in [-0.4, -0.2) is 29.0 Å². The molecule has 5 nitrogen and oxygen atoms in total. The molecule has 0 aliphatic carbocycles. The molecule has 82 valence electrons. The second-order valence-corrected chi connectivity index (χ2v) is 3.34. The molecule has 5 heteroatoms. The Morgan fingerprint density at radius 3 is 2.69 bits per heavy atom. The van der Waals surface area contributed by atoms with Gasteiger partial charge in [0.1, 0.15) is 0 Å². The van der Waals surface area contributed by atoms with Crippen molar-refractivity contribution in [1.82, 2.24) is 0 Å². The number of cyclic esters (lactones) is 1. The Labute approximate surface area is 91.4 Å². The average molecular weight is 219 g/mol. The topological polar surface area (TPSA) is 76.0 Å². The molecule has 0 amide bonds. The van der Waals surface area contributed by atoms with E-state index in [2.05, 4.69) is 4.99 Å². The smallest absolute Gasteiger partial charge is 0.338 e. The molecule has 0 unspecified atom stereocenters. The number of aliphatic carboxylic acids is 1. The lowest BCUT2D eigenvalue weighted by Crippen LogP contribution is -2.18. The van der Waals surface area contributed by atoms with Crippen molar-refractivity contribution >= 4 is 17.8 Å². The number of nitrogens with zero attached hydrogens (tertiary/aromatic N) is 1. The number of carbonyl (C=O) groups excluding carboxylic acids is 1. The third-order valence-electron chi connectivity index (χ3n) is 2.13. The van der Waals surface area contributed by atoms with E-state index in [4.69, 9.17) is 9.84 Å². The molecular formula is C11H9NO4. The number of rotatable bonds is 3. The highest BCUT2D eigenvalue weighted by atomic mass is 16.6. The molecule has 0 saturated heterocycles. The molecule has 0 bridgehead atoms. The number of aliphatic imine (C=N–C) groups is 1. The van der Waals surface area contributed by atoms with Gasteiger partial charge in [-0.1, -0.05) is 18.2 Å². The summed E-state index contributed by atoms with van der Waals surface area (Å²) in [4.78, 5) is 25.7. The van der Waals surface area contributed by atoms with E-state index in [0.29, 0.717) is 5.56 Å². The van der Waals surface area contributed by atoms with Gasteiger partial charge in [0, 0.05) is 5.56 Å². The summed E-state index contributed by atoms with van der Waals surface area (Å²) in [5.41, 5.74) is 0.670. The molecule has 1 heterocycles. The fourth-order valence-corrected chi connectivity index (χ4v) is 1.39. The normalized spacial score (nSPS) is 19.1. The maximum Gasteiger partial charge on any atom is 0.338 e. The summed E-state index contributed by atoms with van der Waals surface area (Å²) in [6.07, 6.45) is -0.338. The molecule has 0 fully saturated rings. The number of carboxylic acids is 1. The Morgan fingerprint density at radius 1 is 1.38 bits per heavy atom. The first-order valence-electron chi connectivity index (χ1n) is 4.73. The van der Waals surface area contributed by atoms with E-state index in [1.54, 1.807) is 24.3 Å². The Kier molecular flexibility index (Phi) is 2.68. The Morgan fingerprint density at radius 2 is 2.06 bits per heavy atom. The highest BCUT2D eigenvalue weighted by Crippen LogP contribution is 2.15. The molecule has 1 aliphatic rings. The molecular weight excluding hydrogens is 210 g/mol. The molecule has 1 atom stereocenters. The largest absolute Gasteiger partial charge is 0.481 e. The number of benzene rings is 1. The van der Waals surface area contributed by atoms with E-state index in [1.807, 2.05) is 6.07 Å². The highest BCUT2D eigenvalue weighted by Gasteiger charge is 2.31. The lowest BCUT2D eigenvalue weighted by Gasteiger charge is -1.98. The van der Waals surface area contributed by atoms with Crippen LogP contribution in [0.1, 0.15) is 12.0 Å². The summed E-state index contributed by atoms with van der Waals surface area (Å²) in [6, 6.07) is 7.97. The number of ether oxygens (including phenoxy) is 1. The van der Waals surface area contributed by atoms with Crippen molar-refractivity contribution in [2.75, 3.05) is 0 Å². The number of carbonyl (C=O) groups is 2. The van der Waals surface area contributed by atoms with Gasteiger partial charge >= 0.3 is 11.9 Å². The SMILES string of the molecule is O=C(O)C[C@H]1N=C(c2ccccc2)OC1=O. The molecule has 0 radical (unpaired) electrons. The van der Waals surface area contributed by atoms with E-state index >= 15 is 0 Å². The third kappa shape index (κ3) is 2.08. The standard InChI is InChI=1S/C11H9NO4/c13-9(14)6-8-11(15)16-10(12-8)7-4-2-1-3-5-7/h1-5,8H,6H2,(H,13,14)/t8-/m1/s1. The van der Waals surface area contributed by atoms with Gasteiger partial charge in [-0.25, -0.2) is 9.79 Å². The molecule has 0 saturated carbocycles. The zero-order valence-electron chi connectivity index (χ0n) is 8.29. The van der Waals surface area contributed by atoms with Crippen LogP contribution in [0, 0.1) is 0 Å². The van der Waals surface area contributed by atoms with E-state index in [-0.39, 0.29) is 12.3 Å². The van der Waals surface area contributed by atoms with Crippen molar-refractivity contribution in [2.24, 2.45) is 4.99 Å². The minimum Gasteiger partial charge on any atom is -0.481 e. The average Bonchev–Trinajstić information content (AvgIpc) is 2.61. The summed E-state index contributed by atoms with van der Waals surface area (Å²) >= 11 is 0. The van der Waals surface area contributed by atoms with Gasteiger partial charge in [0.15, 0.2) is 6.04 Å². The minimum atomic E-state index is -1.07. The lowest BCUT2D eigenvalue weighted by molar-refractivity contribution is -0.142. The van der Waals surface area contributed by atoms with E-state index in [1.165, 1.54) is 0 Å². The molecule has 2 rings (SSSR count). The molecule has 1 aliphatic heterocycles. The van der Waals surface area contributed by atoms with Gasteiger partial charge in [-0.05, 0) is 12.1 Å². The van der Waals surface area contributed by atoms with E-state index in [0.717, 1.165) is 0 Å². The summed E-state index contributed by atoms with van der Waals surface area (Å²) in [5.74, 6) is -1.49. The Bertz CT molecular complexity index is 452. The maximum absolute atomic E-state index is 11.3. The second-order valence-electron chi connectivity index (χ2n) is 3.34. The first-order valence-corrected chi connectivity index (χ1v) is 4.73. The van der Waals surface area contributed by atoms with Crippen molar-refractivity contribution in [3.05, 3.63) is 35.9 Å². The predicted molar refractivity (Wildman–Crippen MR) is 55.1 cm³/mol. The van der Waals surface area contributed by atoms with Gasteiger partial charge in [-0.15, -0.1) is 0 Å². The summed E-state index contributed by atoms with van der Waals surface area (Å²) in [7, 11) is 0. The highest BCUT2D eigenvalue weighted by molar-refractivity contribution is 6.06. The van der Waals surface area contributed by atoms with Crippen molar-refractivity contribution in [3.8, 4) is 0 Å². The van der Waals surface area contributed by atoms with Crippen LogP contribution < -0.4 is 0 Å². The first kappa shape index (κ1) is 10.4. The Hall–Kier alpha value is -2.17. The van der Waals surface area contributed by atoms with Gasteiger partial charge < -0.3 is 9.84 Å². The quantitative estimate of drug-likeness (QED) is 0.764. The third-order valence-corrected chi connectivity index (χ3v) is 2.13. The zero-order valence-corrected chi connectivity index (χ0v) is 8.29. The summed E-state index contributed by atoms with van der Waals surface area (Å²) in [6.45, 7) is 0. The van der Waals surface area contributed by atoms with Crippen molar-refractivity contribution in [1.29, 1.82) is 0 Å². The maximum atomic E-state index is 11.3. The van der Waals surface area contributed by atoms with Gasteiger partial charge in [-0.2, -0.15) is 0 Å². The molecule has 16 heavy (non-hydrogen) atoms. The number of carboxylic acid groups (broad SMARTS) is 1. The monoisotopic (exact) mass is 219 g/mol. The van der Waals surface area contributed by atoms with Crippen LogP contribution in [0.15, 0.2) is 35.3 Å². The second kappa shape index (κ2) is 4.14. The minimum absolute atomic E-state index is 0.192. The number of esters is 1. The van der Waals surface area contributed by atoms with Crippen LogP contribution >= 0.6 is 0 Å². The van der Waals surface area contributed by atoms with Crippen molar-refractivity contribution < 1.29 is 19.4 Å². The van der Waals surface area contributed by atoms with Crippen LogP contribution in [-0.2, 0) is 14.3 Å². The van der Waals surface area contributed by atoms with E-state index < -0.39 is 18.0 Å². The molecule has 1 aromatic carbocycles. The van der Waals surface area contributed by atoms with Gasteiger partial charge in [0.25, 0.3) is 0 Å². The number of hydrogen-bond acceptors (Lipinski definition) is 4. The van der Waals surface area contributed by atoms with Gasteiger partial charge in [-0.3, -0.25) is 4.79 Å². The van der Waals surface area contributed by atoms with Crippen LogP contribution in [0.2, 0.25) is 0 Å². The summed E-state index contributed by atoms with van der Waals surface area (Å²) < 4.78 is 4.91. The van der Waals surface area contributed by atoms with Crippen LogP contribution in [0.3, 0.4) is 0 Å². The lowest BCUT2D eigenvalue weighted by atomic mass is 10.2. The predicted octanol–water partition coefficient (Wildman–Crippen LogP) is 0.833. The van der Waals surface area contributed by atoms with Crippen LogP contribution in [0.25, 0.3) is 0 Å². The fourth-order valence-electron chi connectivity index (χ4n) is 1.39. The molecule has 0 spiro atoms. The van der Waals surface area contributed by atoms with Gasteiger partial charge in [0.2, 0.25) is 5.90 Å². The first-order chi connectivity index (χ1) is 7.66. The molecule has 1 N–H and O–H groups in total. The molecule has 0 aromatic heterocycles. The number of hydrogen-bond donors (Lipinski definition) is 1.